The van der Waals surface area contributed by atoms with Gasteiger partial charge in [0, 0.05) is 5.39 Å². The summed E-state index contributed by atoms with van der Waals surface area (Å²) in [5, 5.41) is 14.1. The topological polar surface area (TPSA) is 72.2 Å². The molecule has 2 aromatic carbocycles. The van der Waals surface area contributed by atoms with Gasteiger partial charge in [0.1, 0.15) is 0 Å². The molecule has 1 amide bonds. The van der Waals surface area contributed by atoms with Crippen LogP contribution in [-0.2, 0) is 4.79 Å². The van der Waals surface area contributed by atoms with Gasteiger partial charge in [-0.1, -0.05) is 47.4 Å². The molecule has 0 radical (unpaired) electrons. The van der Waals surface area contributed by atoms with Crippen LogP contribution in [0, 0.1) is 20.8 Å². The number of anilines is 1. The van der Waals surface area contributed by atoms with Crippen LogP contribution in [0.2, 0.25) is 0 Å². The molecule has 150 valence electrons. The lowest BCUT2D eigenvalue weighted by molar-refractivity contribution is -0.113. The monoisotopic (exact) mass is 433 g/mol. The van der Waals surface area contributed by atoms with Crippen molar-refractivity contribution in [3.63, 3.8) is 0 Å². The fraction of sp³-hybridized carbons (Fsp3) is 0.182. The minimum absolute atomic E-state index is 0.110. The molecule has 0 saturated heterocycles. The molecule has 0 bridgehead atoms. The lowest BCUT2D eigenvalue weighted by Crippen LogP contribution is -2.14. The number of rotatable bonds is 4. The van der Waals surface area contributed by atoms with Gasteiger partial charge in [0.15, 0.2) is 15.9 Å². The van der Waals surface area contributed by atoms with Gasteiger partial charge < -0.3 is 5.32 Å². The van der Waals surface area contributed by atoms with Gasteiger partial charge in [-0.25, -0.2) is 4.98 Å². The van der Waals surface area contributed by atoms with E-state index in [4.69, 9.17) is 0 Å². The van der Waals surface area contributed by atoms with Gasteiger partial charge in [-0.3, -0.25) is 9.20 Å². The van der Waals surface area contributed by atoms with Crippen LogP contribution < -0.4 is 5.32 Å². The predicted octanol–water partition coefficient (Wildman–Crippen LogP) is 5.15. The Morgan fingerprint density at radius 3 is 2.83 bits per heavy atom. The zero-order valence-corrected chi connectivity index (χ0v) is 18.4. The van der Waals surface area contributed by atoms with Crippen LogP contribution in [0.4, 0.5) is 5.13 Å². The number of hydrogen-bond acceptors (Lipinski definition) is 6. The normalized spacial score (nSPS) is 11.6. The SMILES string of the molecule is Cc1ccc2nc(NC(=O)CSc3nnc4cc(C)c5cccc(C)c5n34)sc2c1. The first kappa shape index (κ1) is 19.0. The van der Waals surface area contributed by atoms with E-state index < -0.39 is 0 Å². The van der Waals surface area contributed by atoms with Crippen LogP contribution in [0.5, 0.6) is 0 Å². The number of benzene rings is 2. The summed E-state index contributed by atoms with van der Waals surface area (Å²) in [6.07, 6.45) is 0. The van der Waals surface area contributed by atoms with Gasteiger partial charge in [0.2, 0.25) is 5.91 Å². The van der Waals surface area contributed by atoms with E-state index >= 15 is 0 Å². The minimum atomic E-state index is -0.110. The van der Waals surface area contributed by atoms with Crippen LogP contribution in [-0.4, -0.2) is 31.2 Å². The lowest BCUT2D eigenvalue weighted by atomic mass is 10.1. The highest BCUT2D eigenvalue weighted by Crippen LogP contribution is 2.29. The van der Waals surface area contributed by atoms with E-state index in [0.29, 0.717) is 10.3 Å². The number of nitrogens with one attached hydrogen (secondary N) is 1. The molecule has 0 unspecified atom stereocenters. The Kier molecular flexibility index (Phi) is 4.67. The molecule has 0 atom stereocenters. The number of para-hydroxylation sites is 1. The zero-order chi connectivity index (χ0) is 20.8. The van der Waals surface area contributed by atoms with Gasteiger partial charge in [-0.2, -0.15) is 0 Å². The van der Waals surface area contributed by atoms with Gasteiger partial charge in [-0.15, -0.1) is 10.2 Å². The van der Waals surface area contributed by atoms with Crippen molar-refractivity contribution in [1.29, 1.82) is 0 Å². The summed E-state index contributed by atoms with van der Waals surface area (Å²) in [5.74, 6) is 0.123. The van der Waals surface area contributed by atoms with Crippen molar-refractivity contribution >= 4 is 60.9 Å². The van der Waals surface area contributed by atoms with E-state index in [1.165, 1.54) is 34.0 Å². The van der Waals surface area contributed by atoms with Gasteiger partial charge in [-0.05, 0) is 55.7 Å². The number of thioether (sulfide) groups is 1. The van der Waals surface area contributed by atoms with Crippen LogP contribution in [0.25, 0.3) is 26.8 Å². The summed E-state index contributed by atoms with van der Waals surface area (Å²) in [4.78, 5) is 17.0. The van der Waals surface area contributed by atoms with E-state index in [-0.39, 0.29) is 11.7 Å². The molecule has 30 heavy (non-hydrogen) atoms. The van der Waals surface area contributed by atoms with Gasteiger partial charge >= 0.3 is 0 Å². The third kappa shape index (κ3) is 3.32. The number of amides is 1. The third-order valence-electron chi connectivity index (χ3n) is 5.01. The number of aromatic nitrogens is 4. The van der Waals surface area contributed by atoms with Crippen molar-refractivity contribution < 1.29 is 4.79 Å². The van der Waals surface area contributed by atoms with E-state index in [0.717, 1.165) is 32.5 Å². The van der Waals surface area contributed by atoms with Crippen molar-refractivity contribution in [2.75, 3.05) is 11.1 Å². The summed E-state index contributed by atoms with van der Waals surface area (Å²) >= 11 is 2.86. The Bertz CT molecular complexity index is 1440. The van der Waals surface area contributed by atoms with Gasteiger partial charge in [0.05, 0.1) is 21.5 Å². The standard InChI is InChI=1S/C22H19N5OS2/c1-12-7-8-16-17(9-12)30-21(23-16)24-19(28)11-29-22-26-25-18-10-14(3)15-6-4-5-13(2)20(15)27(18)22/h4-10H,11H2,1-3H3,(H,23,24,28). The Balaban J connectivity index is 1.40. The molecule has 0 saturated carbocycles. The van der Waals surface area contributed by atoms with E-state index in [1.807, 2.05) is 29.5 Å². The highest BCUT2D eigenvalue weighted by molar-refractivity contribution is 7.99. The number of carbonyl (C=O) groups is 1. The first-order valence-electron chi connectivity index (χ1n) is 9.53. The van der Waals surface area contributed by atoms with E-state index in [1.54, 1.807) is 0 Å². The fourth-order valence-corrected chi connectivity index (χ4v) is 5.32. The highest BCUT2D eigenvalue weighted by Gasteiger charge is 2.15. The second-order valence-electron chi connectivity index (χ2n) is 7.30. The van der Waals surface area contributed by atoms with E-state index in [2.05, 4.69) is 58.6 Å². The third-order valence-corrected chi connectivity index (χ3v) is 6.88. The number of carbonyl (C=O) groups excluding carboxylic acids is 1. The second kappa shape index (κ2) is 7.37. The van der Waals surface area contributed by atoms with Gasteiger partial charge in [0.25, 0.3) is 0 Å². The van der Waals surface area contributed by atoms with Crippen LogP contribution in [0.1, 0.15) is 16.7 Å². The van der Waals surface area contributed by atoms with Crippen molar-refractivity contribution in [1.82, 2.24) is 19.6 Å². The number of thiazole rings is 1. The van der Waals surface area contributed by atoms with Crippen LogP contribution in [0.15, 0.2) is 47.6 Å². The van der Waals surface area contributed by atoms with Crippen LogP contribution in [0.3, 0.4) is 0 Å². The summed E-state index contributed by atoms with van der Waals surface area (Å²) in [6, 6.07) is 14.3. The molecular weight excluding hydrogens is 414 g/mol. The zero-order valence-electron chi connectivity index (χ0n) is 16.8. The lowest BCUT2D eigenvalue weighted by Gasteiger charge is -2.09. The number of aryl methyl sites for hydroxylation is 3. The first-order chi connectivity index (χ1) is 14.5. The molecule has 6 nitrogen and oxygen atoms in total. The number of hydrogen-bond donors (Lipinski definition) is 1. The summed E-state index contributed by atoms with van der Waals surface area (Å²) in [5.41, 5.74) is 6.26. The number of pyridine rings is 1. The first-order valence-corrected chi connectivity index (χ1v) is 11.3. The molecule has 5 rings (SSSR count). The molecule has 0 aliphatic carbocycles. The maximum absolute atomic E-state index is 12.5. The maximum atomic E-state index is 12.5. The van der Waals surface area contributed by atoms with Crippen molar-refractivity contribution in [3.8, 4) is 0 Å². The minimum Gasteiger partial charge on any atom is -0.301 e. The average molecular weight is 434 g/mol. The quantitative estimate of drug-likeness (QED) is 0.397. The Morgan fingerprint density at radius 1 is 1.10 bits per heavy atom. The maximum Gasteiger partial charge on any atom is 0.236 e. The molecule has 3 heterocycles. The molecule has 0 spiro atoms. The highest BCUT2D eigenvalue weighted by atomic mass is 32.2. The predicted molar refractivity (Wildman–Crippen MR) is 124 cm³/mol. The molecule has 1 N–H and O–H groups in total. The molecule has 0 aliphatic heterocycles. The molecular formula is C22H19N5OS2. The fourth-order valence-electron chi connectivity index (χ4n) is 3.59. The Hall–Kier alpha value is -2.97. The molecule has 8 heteroatoms. The summed E-state index contributed by atoms with van der Waals surface area (Å²) in [6.45, 7) is 6.21. The van der Waals surface area contributed by atoms with Crippen molar-refractivity contribution in [2.24, 2.45) is 0 Å². The van der Waals surface area contributed by atoms with E-state index in [9.17, 15) is 4.79 Å². The molecule has 3 aromatic heterocycles. The van der Waals surface area contributed by atoms with Crippen LogP contribution >= 0.6 is 23.1 Å². The largest absolute Gasteiger partial charge is 0.301 e. The smallest absolute Gasteiger partial charge is 0.236 e. The Labute approximate surface area is 181 Å². The number of nitrogens with zero attached hydrogens (tertiary/aromatic N) is 4. The molecule has 5 aromatic rings. The summed E-state index contributed by atoms with van der Waals surface area (Å²) < 4.78 is 3.11. The number of fused-ring (bicyclic) bond motifs is 4. The summed E-state index contributed by atoms with van der Waals surface area (Å²) in [7, 11) is 0. The molecule has 0 aliphatic rings. The van der Waals surface area contributed by atoms with Crippen molar-refractivity contribution in [2.45, 2.75) is 25.9 Å². The Morgan fingerprint density at radius 2 is 1.97 bits per heavy atom. The molecule has 0 fully saturated rings. The average Bonchev–Trinajstić information content (AvgIpc) is 3.29. The second-order valence-corrected chi connectivity index (χ2v) is 9.27. The van der Waals surface area contributed by atoms with Crippen molar-refractivity contribution in [3.05, 3.63) is 59.2 Å².